The van der Waals surface area contributed by atoms with Gasteiger partial charge in [-0.2, -0.15) is 5.10 Å². The number of fused-ring (bicyclic) bond motifs is 5. The lowest BCUT2D eigenvalue weighted by atomic mass is 9.70. The van der Waals surface area contributed by atoms with Gasteiger partial charge < -0.3 is 4.74 Å². The summed E-state index contributed by atoms with van der Waals surface area (Å²) in [6.45, 7) is 6.96. The molecule has 0 spiro atoms. The Bertz CT molecular complexity index is 791. The molecule has 4 heteroatoms. The fourth-order valence-corrected chi connectivity index (χ4v) is 4.72. The van der Waals surface area contributed by atoms with Crippen LogP contribution in [0.3, 0.4) is 0 Å². The summed E-state index contributed by atoms with van der Waals surface area (Å²) in [6.07, 6.45) is 2.25. The Labute approximate surface area is 136 Å². The zero-order chi connectivity index (χ0) is 16.4. The van der Waals surface area contributed by atoms with E-state index in [0.29, 0.717) is 11.6 Å². The first-order valence-electron chi connectivity index (χ1n) is 8.19. The highest BCUT2D eigenvalue weighted by molar-refractivity contribution is 5.90. The van der Waals surface area contributed by atoms with Crippen molar-refractivity contribution in [1.29, 1.82) is 0 Å². The van der Waals surface area contributed by atoms with E-state index >= 15 is 0 Å². The number of rotatable bonds is 2. The number of nitrogens with zero attached hydrogens (tertiary/aromatic N) is 2. The summed E-state index contributed by atoms with van der Waals surface area (Å²) >= 11 is 0. The molecule has 2 bridgehead atoms. The molecule has 0 N–H and O–H groups in total. The number of para-hydroxylation sites is 1. The lowest BCUT2D eigenvalue weighted by Crippen LogP contribution is -2.33. The molecule has 2 aliphatic carbocycles. The van der Waals surface area contributed by atoms with Crippen LogP contribution in [0.4, 0.5) is 0 Å². The van der Waals surface area contributed by atoms with Crippen molar-refractivity contribution in [3.05, 3.63) is 47.3 Å². The predicted molar refractivity (Wildman–Crippen MR) is 88.0 cm³/mol. The highest BCUT2D eigenvalue weighted by Gasteiger charge is 2.63. The van der Waals surface area contributed by atoms with E-state index in [2.05, 4.69) is 25.9 Å². The summed E-state index contributed by atoms with van der Waals surface area (Å²) in [7, 11) is 1.43. The van der Waals surface area contributed by atoms with Crippen LogP contribution in [0.15, 0.2) is 30.3 Å². The topological polar surface area (TPSA) is 44.1 Å². The van der Waals surface area contributed by atoms with Gasteiger partial charge in [-0.1, -0.05) is 39.0 Å². The van der Waals surface area contributed by atoms with Gasteiger partial charge in [0.2, 0.25) is 0 Å². The maximum atomic E-state index is 12.3. The molecule has 0 radical (unpaired) electrons. The van der Waals surface area contributed by atoms with Crippen LogP contribution in [0, 0.1) is 5.41 Å². The molecule has 1 aromatic carbocycles. The van der Waals surface area contributed by atoms with E-state index < -0.39 is 0 Å². The Morgan fingerprint density at radius 3 is 2.61 bits per heavy atom. The molecule has 4 nitrogen and oxygen atoms in total. The number of benzene rings is 1. The van der Waals surface area contributed by atoms with Gasteiger partial charge in [0, 0.05) is 11.0 Å². The Hall–Kier alpha value is -2.10. The van der Waals surface area contributed by atoms with Gasteiger partial charge in [0.1, 0.15) is 0 Å². The van der Waals surface area contributed by atoms with Crippen LogP contribution in [0.2, 0.25) is 0 Å². The second-order valence-corrected chi connectivity index (χ2v) is 7.49. The largest absolute Gasteiger partial charge is 0.464 e. The van der Waals surface area contributed by atoms with Crippen LogP contribution in [-0.4, -0.2) is 22.9 Å². The number of carbonyl (C=O) groups excluding carboxylic acids is 1. The first-order valence-corrected chi connectivity index (χ1v) is 8.19. The molecule has 2 aliphatic rings. The van der Waals surface area contributed by atoms with E-state index in [9.17, 15) is 4.79 Å². The molecule has 1 aromatic heterocycles. The highest BCUT2D eigenvalue weighted by Crippen LogP contribution is 2.68. The third-order valence-corrected chi connectivity index (χ3v) is 6.40. The van der Waals surface area contributed by atoms with Gasteiger partial charge in [-0.15, -0.1) is 0 Å². The molecule has 0 amide bonds. The summed E-state index contributed by atoms with van der Waals surface area (Å²) in [5.41, 5.74) is 3.96. The third kappa shape index (κ3) is 1.61. The molecule has 0 saturated heterocycles. The highest BCUT2D eigenvalue weighted by atomic mass is 16.5. The average Bonchev–Trinajstić information content (AvgIpc) is 3.10. The molecule has 23 heavy (non-hydrogen) atoms. The Morgan fingerprint density at radius 1 is 1.26 bits per heavy atom. The van der Waals surface area contributed by atoms with Crippen molar-refractivity contribution in [2.75, 3.05) is 7.11 Å². The number of methoxy groups -OCH3 is 1. The van der Waals surface area contributed by atoms with Crippen LogP contribution in [0.5, 0.6) is 0 Å². The van der Waals surface area contributed by atoms with Crippen LogP contribution < -0.4 is 0 Å². The molecule has 1 saturated carbocycles. The normalized spacial score (nSPS) is 27.0. The zero-order valence-corrected chi connectivity index (χ0v) is 14.1. The van der Waals surface area contributed by atoms with Crippen molar-refractivity contribution in [3.63, 3.8) is 0 Å². The van der Waals surface area contributed by atoms with E-state index in [4.69, 9.17) is 4.74 Å². The number of hydrogen-bond donors (Lipinski definition) is 0. The van der Waals surface area contributed by atoms with E-state index in [-0.39, 0.29) is 16.8 Å². The zero-order valence-electron chi connectivity index (χ0n) is 14.1. The van der Waals surface area contributed by atoms with E-state index in [0.717, 1.165) is 24.1 Å². The monoisotopic (exact) mass is 310 g/mol. The molecular formula is C19H22N2O2. The number of aromatic nitrogens is 2. The number of esters is 1. The molecule has 2 aromatic rings. The summed E-state index contributed by atoms with van der Waals surface area (Å²) in [5, 5.41) is 4.67. The predicted octanol–water partition coefficient (Wildman–Crippen LogP) is 3.83. The van der Waals surface area contributed by atoms with Crippen molar-refractivity contribution in [2.24, 2.45) is 5.41 Å². The number of ether oxygens (including phenoxy) is 1. The van der Waals surface area contributed by atoms with Crippen molar-refractivity contribution in [3.8, 4) is 5.69 Å². The lowest BCUT2D eigenvalue weighted by Gasteiger charge is -2.35. The van der Waals surface area contributed by atoms with Crippen molar-refractivity contribution >= 4 is 5.97 Å². The molecule has 1 fully saturated rings. The van der Waals surface area contributed by atoms with E-state index in [1.165, 1.54) is 12.8 Å². The quantitative estimate of drug-likeness (QED) is 0.792. The van der Waals surface area contributed by atoms with Gasteiger partial charge in [-0.05, 0) is 36.3 Å². The average molecular weight is 310 g/mol. The summed E-state index contributed by atoms with van der Waals surface area (Å²) in [4.78, 5) is 12.3. The van der Waals surface area contributed by atoms with Crippen molar-refractivity contribution in [2.45, 2.75) is 44.9 Å². The summed E-state index contributed by atoms with van der Waals surface area (Å²) in [6, 6.07) is 10.1. The Balaban J connectivity index is 2.03. The maximum Gasteiger partial charge on any atom is 0.358 e. The fourth-order valence-electron chi connectivity index (χ4n) is 4.72. The third-order valence-electron chi connectivity index (χ3n) is 6.40. The molecule has 0 unspecified atom stereocenters. The standard InChI is InChI=1S/C19H22N2O2/c1-18(2)13-10-11-19(18,3)16-14(13)15(17(22)23-4)20-21(16)12-8-6-5-7-9-12/h5-9,13H,10-11H2,1-4H3/t13-,19-/m0/s1. The van der Waals surface area contributed by atoms with Gasteiger partial charge in [0.15, 0.2) is 5.69 Å². The van der Waals surface area contributed by atoms with E-state index in [1.54, 1.807) is 0 Å². The van der Waals surface area contributed by atoms with Gasteiger partial charge in [-0.25, -0.2) is 9.48 Å². The lowest BCUT2D eigenvalue weighted by molar-refractivity contribution is 0.0591. The first-order chi connectivity index (χ1) is 10.9. The molecule has 4 rings (SSSR count). The molecule has 1 heterocycles. The van der Waals surface area contributed by atoms with Crippen LogP contribution in [0.25, 0.3) is 5.69 Å². The summed E-state index contributed by atoms with van der Waals surface area (Å²) < 4.78 is 6.98. The maximum absolute atomic E-state index is 12.3. The minimum atomic E-state index is -0.331. The van der Waals surface area contributed by atoms with Gasteiger partial charge in [0.05, 0.1) is 18.5 Å². The second-order valence-electron chi connectivity index (χ2n) is 7.49. The van der Waals surface area contributed by atoms with Gasteiger partial charge in [0.25, 0.3) is 0 Å². The fraction of sp³-hybridized carbons (Fsp3) is 0.474. The Morgan fingerprint density at radius 2 is 1.96 bits per heavy atom. The van der Waals surface area contributed by atoms with Crippen molar-refractivity contribution < 1.29 is 9.53 Å². The minimum absolute atomic E-state index is 0.0299. The molecular weight excluding hydrogens is 288 g/mol. The van der Waals surface area contributed by atoms with Crippen LogP contribution in [-0.2, 0) is 10.2 Å². The SMILES string of the molecule is COC(=O)c1nn(-c2ccccc2)c2c1[C@@H]1CC[C@]2(C)C1(C)C. The molecule has 2 atom stereocenters. The van der Waals surface area contributed by atoms with Crippen LogP contribution >= 0.6 is 0 Å². The minimum Gasteiger partial charge on any atom is -0.464 e. The van der Waals surface area contributed by atoms with Crippen molar-refractivity contribution in [1.82, 2.24) is 9.78 Å². The number of hydrogen-bond acceptors (Lipinski definition) is 3. The first kappa shape index (κ1) is 14.5. The second kappa shape index (κ2) is 4.47. The Kier molecular flexibility index (Phi) is 2.81. The van der Waals surface area contributed by atoms with Gasteiger partial charge >= 0.3 is 5.97 Å². The van der Waals surface area contributed by atoms with E-state index in [1.807, 2.05) is 35.0 Å². The smallest absolute Gasteiger partial charge is 0.358 e. The molecule has 0 aliphatic heterocycles. The van der Waals surface area contributed by atoms with Gasteiger partial charge in [-0.3, -0.25) is 0 Å². The number of carbonyl (C=O) groups is 1. The molecule has 120 valence electrons. The summed E-state index contributed by atoms with van der Waals surface area (Å²) in [5.74, 6) is 0.0388. The van der Waals surface area contributed by atoms with Crippen LogP contribution in [0.1, 0.15) is 61.3 Å².